The van der Waals surface area contributed by atoms with E-state index >= 15 is 0 Å². The maximum absolute atomic E-state index is 5.90. The number of hydrogen-bond acceptors (Lipinski definition) is 3. The van der Waals surface area contributed by atoms with Gasteiger partial charge in [0.1, 0.15) is 18.1 Å². The second kappa shape index (κ2) is 6.47. The molecule has 0 amide bonds. The highest BCUT2D eigenvalue weighted by Gasteiger charge is 2.10. The van der Waals surface area contributed by atoms with Crippen LogP contribution in [0, 0.1) is 0 Å². The number of ether oxygens (including phenoxy) is 1. The smallest absolute Gasteiger partial charge is 0.120 e. The second-order valence-electron chi connectivity index (χ2n) is 4.04. The van der Waals surface area contributed by atoms with E-state index in [4.69, 9.17) is 20.8 Å². The zero-order valence-corrected chi connectivity index (χ0v) is 11.0. The minimum Gasteiger partial charge on any atom is -0.492 e. The molecule has 1 atom stereocenters. The predicted octanol–water partition coefficient (Wildman–Crippen LogP) is 3.14. The monoisotopic (exact) mass is 265 g/mol. The Balaban J connectivity index is 1.87. The summed E-state index contributed by atoms with van der Waals surface area (Å²) in [6.45, 7) is 0.567. The molecule has 0 saturated heterocycles. The molecule has 1 aromatic heterocycles. The highest BCUT2D eigenvalue weighted by molar-refractivity contribution is 6.30. The van der Waals surface area contributed by atoms with Gasteiger partial charge in [0.25, 0.3) is 0 Å². The predicted molar refractivity (Wildman–Crippen MR) is 72.2 cm³/mol. The zero-order chi connectivity index (χ0) is 12.8. The van der Waals surface area contributed by atoms with Gasteiger partial charge >= 0.3 is 0 Å². The van der Waals surface area contributed by atoms with E-state index in [1.54, 1.807) is 12.3 Å². The van der Waals surface area contributed by atoms with Crippen LogP contribution in [-0.2, 0) is 6.42 Å². The van der Waals surface area contributed by atoms with E-state index in [1.807, 2.05) is 37.4 Å². The van der Waals surface area contributed by atoms with Gasteiger partial charge in [-0.2, -0.15) is 0 Å². The second-order valence-corrected chi connectivity index (χ2v) is 4.47. The molecule has 2 rings (SSSR count). The van der Waals surface area contributed by atoms with E-state index in [9.17, 15) is 0 Å². The average Bonchev–Trinajstić information content (AvgIpc) is 2.87. The minimum absolute atomic E-state index is 0.204. The van der Waals surface area contributed by atoms with Gasteiger partial charge in [0.2, 0.25) is 0 Å². The van der Waals surface area contributed by atoms with Crippen molar-refractivity contribution in [3.05, 3.63) is 53.4 Å². The van der Waals surface area contributed by atoms with E-state index in [-0.39, 0.29) is 6.04 Å². The summed E-state index contributed by atoms with van der Waals surface area (Å²) in [6.07, 6.45) is 2.48. The summed E-state index contributed by atoms with van der Waals surface area (Å²) in [4.78, 5) is 0. The molecular formula is C14H16ClNO2. The Morgan fingerprint density at radius 3 is 2.89 bits per heavy atom. The Morgan fingerprint density at radius 2 is 2.22 bits per heavy atom. The summed E-state index contributed by atoms with van der Waals surface area (Å²) >= 11 is 5.90. The molecule has 1 N–H and O–H groups in total. The van der Waals surface area contributed by atoms with Crippen LogP contribution in [0.15, 0.2) is 47.1 Å². The van der Waals surface area contributed by atoms with Crippen molar-refractivity contribution in [2.45, 2.75) is 12.5 Å². The lowest BCUT2D eigenvalue weighted by atomic mass is 10.2. The molecule has 0 aliphatic heterocycles. The molecule has 1 heterocycles. The van der Waals surface area contributed by atoms with Crippen LogP contribution in [0.2, 0.25) is 5.02 Å². The van der Waals surface area contributed by atoms with Gasteiger partial charge in [-0.05, 0) is 37.4 Å². The first-order valence-corrected chi connectivity index (χ1v) is 6.24. The molecule has 0 radical (unpaired) electrons. The molecule has 0 aliphatic carbocycles. The first kappa shape index (κ1) is 13.0. The van der Waals surface area contributed by atoms with Crippen LogP contribution in [0.4, 0.5) is 0 Å². The number of benzene rings is 1. The van der Waals surface area contributed by atoms with Gasteiger partial charge in [-0.3, -0.25) is 0 Å². The van der Waals surface area contributed by atoms with E-state index in [0.717, 1.165) is 17.9 Å². The zero-order valence-electron chi connectivity index (χ0n) is 10.2. The Hall–Kier alpha value is -1.45. The van der Waals surface area contributed by atoms with Gasteiger partial charge in [0.15, 0.2) is 0 Å². The lowest BCUT2D eigenvalue weighted by Gasteiger charge is -2.16. The Labute approximate surface area is 112 Å². The number of halogens is 1. The molecular weight excluding hydrogens is 250 g/mol. The van der Waals surface area contributed by atoms with Crippen LogP contribution in [0.1, 0.15) is 5.76 Å². The number of hydrogen-bond donors (Lipinski definition) is 1. The van der Waals surface area contributed by atoms with Crippen molar-refractivity contribution in [3.63, 3.8) is 0 Å². The van der Waals surface area contributed by atoms with Gasteiger partial charge in [-0.1, -0.05) is 17.7 Å². The molecule has 0 saturated carbocycles. The fraction of sp³-hybridized carbons (Fsp3) is 0.286. The lowest BCUT2D eigenvalue weighted by molar-refractivity contribution is 0.263. The molecule has 0 fully saturated rings. The van der Waals surface area contributed by atoms with Crippen molar-refractivity contribution in [1.29, 1.82) is 0 Å². The Bertz CT molecular complexity index is 470. The average molecular weight is 266 g/mol. The van der Waals surface area contributed by atoms with Crippen LogP contribution in [0.25, 0.3) is 0 Å². The van der Waals surface area contributed by atoms with Gasteiger partial charge < -0.3 is 14.5 Å². The van der Waals surface area contributed by atoms with Crippen LogP contribution in [0.5, 0.6) is 5.75 Å². The number of likely N-dealkylation sites (N-methyl/N-ethyl adjacent to an activating group) is 1. The van der Waals surface area contributed by atoms with Gasteiger partial charge in [0.05, 0.1) is 6.26 Å². The summed E-state index contributed by atoms with van der Waals surface area (Å²) < 4.78 is 11.0. The first-order valence-electron chi connectivity index (χ1n) is 5.86. The maximum Gasteiger partial charge on any atom is 0.120 e. The topological polar surface area (TPSA) is 34.4 Å². The van der Waals surface area contributed by atoms with Crippen LogP contribution >= 0.6 is 11.6 Å². The van der Waals surface area contributed by atoms with Crippen molar-refractivity contribution in [2.24, 2.45) is 0 Å². The first-order chi connectivity index (χ1) is 8.78. The summed E-state index contributed by atoms with van der Waals surface area (Å²) in [5.74, 6) is 1.73. The number of rotatable bonds is 6. The van der Waals surface area contributed by atoms with E-state index in [0.29, 0.717) is 11.6 Å². The van der Waals surface area contributed by atoms with Crippen molar-refractivity contribution in [2.75, 3.05) is 13.7 Å². The highest BCUT2D eigenvalue weighted by Crippen LogP contribution is 2.17. The van der Waals surface area contributed by atoms with Gasteiger partial charge in [0, 0.05) is 17.5 Å². The molecule has 2 aromatic rings. The minimum atomic E-state index is 0.204. The summed E-state index contributed by atoms with van der Waals surface area (Å²) in [5, 5.41) is 3.89. The van der Waals surface area contributed by atoms with Crippen LogP contribution in [0.3, 0.4) is 0 Å². The summed E-state index contributed by atoms with van der Waals surface area (Å²) in [5.41, 5.74) is 0. The lowest BCUT2D eigenvalue weighted by Crippen LogP contribution is -2.33. The number of nitrogens with one attached hydrogen (secondary N) is 1. The quantitative estimate of drug-likeness (QED) is 0.871. The van der Waals surface area contributed by atoms with E-state index < -0.39 is 0 Å². The molecule has 4 heteroatoms. The van der Waals surface area contributed by atoms with Gasteiger partial charge in [-0.15, -0.1) is 0 Å². The van der Waals surface area contributed by atoms with E-state index in [1.165, 1.54) is 0 Å². The number of furan rings is 1. The van der Waals surface area contributed by atoms with Crippen molar-refractivity contribution < 1.29 is 9.15 Å². The third-order valence-corrected chi connectivity index (χ3v) is 2.92. The van der Waals surface area contributed by atoms with Crippen molar-refractivity contribution in [3.8, 4) is 5.75 Å². The molecule has 18 heavy (non-hydrogen) atoms. The summed E-state index contributed by atoms with van der Waals surface area (Å²) in [7, 11) is 1.91. The fourth-order valence-electron chi connectivity index (χ4n) is 1.67. The van der Waals surface area contributed by atoms with Gasteiger partial charge in [-0.25, -0.2) is 0 Å². The largest absolute Gasteiger partial charge is 0.492 e. The normalized spacial score (nSPS) is 12.3. The Morgan fingerprint density at radius 1 is 1.33 bits per heavy atom. The Kier molecular flexibility index (Phi) is 4.67. The molecule has 3 nitrogen and oxygen atoms in total. The van der Waals surface area contributed by atoms with Crippen molar-refractivity contribution >= 4 is 11.6 Å². The fourth-order valence-corrected chi connectivity index (χ4v) is 1.85. The molecule has 1 unspecified atom stereocenters. The standard InChI is InChI=1S/C14H16ClNO2/c1-16-12(9-14-6-3-7-17-14)10-18-13-5-2-4-11(15)8-13/h2-8,12,16H,9-10H2,1H3. The molecule has 0 spiro atoms. The molecule has 0 aliphatic rings. The maximum atomic E-state index is 5.90. The third-order valence-electron chi connectivity index (χ3n) is 2.68. The highest BCUT2D eigenvalue weighted by atomic mass is 35.5. The molecule has 0 bridgehead atoms. The van der Waals surface area contributed by atoms with E-state index in [2.05, 4.69) is 5.32 Å². The molecule has 1 aromatic carbocycles. The van der Waals surface area contributed by atoms with Crippen LogP contribution in [-0.4, -0.2) is 19.7 Å². The molecule has 96 valence electrons. The van der Waals surface area contributed by atoms with Crippen molar-refractivity contribution in [1.82, 2.24) is 5.32 Å². The summed E-state index contributed by atoms with van der Waals surface area (Å²) in [6, 6.07) is 11.5. The third kappa shape index (κ3) is 3.79. The van der Waals surface area contributed by atoms with Crippen LogP contribution < -0.4 is 10.1 Å². The SMILES string of the molecule is CNC(COc1cccc(Cl)c1)Cc1ccco1.